The third kappa shape index (κ3) is 5.48. The summed E-state index contributed by atoms with van der Waals surface area (Å²) in [6.07, 6.45) is 1.95. The van der Waals surface area contributed by atoms with Crippen molar-refractivity contribution in [2.24, 2.45) is 11.1 Å². The predicted octanol–water partition coefficient (Wildman–Crippen LogP) is 2.58. The van der Waals surface area contributed by atoms with Gasteiger partial charge in [0.05, 0.1) is 12.8 Å². The first-order valence-electron chi connectivity index (χ1n) is 6.86. The Kier molecular flexibility index (Phi) is 6.31. The third-order valence-electron chi connectivity index (χ3n) is 3.14. The molecular formula is C15H25N3O2. The van der Waals surface area contributed by atoms with Gasteiger partial charge in [0, 0.05) is 6.54 Å². The molecule has 0 spiro atoms. The van der Waals surface area contributed by atoms with Crippen LogP contribution in [0.4, 0.5) is 10.5 Å². The molecule has 20 heavy (non-hydrogen) atoms. The van der Waals surface area contributed by atoms with Crippen LogP contribution in [-0.4, -0.2) is 26.2 Å². The molecule has 0 aliphatic carbocycles. The Morgan fingerprint density at radius 3 is 2.70 bits per heavy atom. The standard InChI is InChI=1S/C15H25N3O2/c1-15(2,9-6-10-16)11-17-14(19)18-12-7-4-5-8-13(12)20-3/h4-5,7-8H,6,9-11,16H2,1-3H3,(H2,17,18,19). The topological polar surface area (TPSA) is 76.4 Å². The van der Waals surface area contributed by atoms with Gasteiger partial charge in [0.1, 0.15) is 5.75 Å². The number of urea groups is 1. The normalized spacial score (nSPS) is 11.0. The third-order valence-corrected chi connectivity index (χ3v) is 3.14. The van der Waals surface area contributed by atoms with Gasteiger partial charge in [-0.1, -0.05) is 26.0 Å². The van der Waals surface area contributed by atoms with E-state index in [1.54, 1.807) is 19.2 Å². The highest BCUT2D eigenvalue weighted by Crippen LogP contribution is 2.23. The first-order valence-corrected chi connectivity index (χ1v) is 6.86. The molecule has 0 aromatic heterocycles. The van der Waals surface area contributed by atoms with Gasteiger partial charge in [0.2, 0.25) is 0 Å². The van der Waals surface area contributed by atoms with E-state index in [2.05, 4.69) is 24.5 Å². The highest BCUT2D eigenvalue weighted by molar-refractivity contribution is 5.90. The number of carbonyl (C=O) groups is 1. The zero-order chi connectivity index (χ0) is 15.0. The van der Waals surface area contributed by atoms with Crippen molar-refractivity contribution in [3.63, 3.8) is 0 Å². The summed E-state index contributed by atoms with van der Waals surface area (Å²) >= 11 is 0. The van der Waals surface area contributed by atoms with Crippen molar-refractivity contribution < 1.29 is 9.53 Å². The van der Waals surface area contributed by atoms with Gasteiger partial charge in [-0.05, 0) is 36.9 Å². The molecule has 5 heteroatoms. The van der Waals surface area contributed by atoms with Gasteiger partial charge in [-0.2, -0.15) is 0 Å². The maximum atomic E-state index is 11.9. The van der Waals surface area contributed by atoms with Gasteiger partial charge < -0.3 is 21.1 Å². The molecule has 0 fully saturated rings. The molecule has 0 aliphatic rings. The molecule has 0 bridgehead atoms. The van der Waals surface area contributed by atoms with Gasteiger partial charge in [0.15, 0.2) is 0 Å². The summed E-state index contributed by atoms with van der Waals surface area (Å²) in [5.74, 6) is 0.644. The van der Waals surface area contributed by atoms with Crippen LogP contribution in [-0.2, 0) is 0 Å². The molecule has 1 aromatic carbocycles. The Morgan fingerprint density at radius 2 is 2.05 bits per heavy atom. The van der Waals surface area contributed by atoms with Crippen molar-refractivity contribution in [1.29, 1.82) is 0 Å². The fourth-order valence-corrected chi connectivity index (χ4v) is 1.90. The largest absolute Gasteiger partial charge is 0.495 e. The molecule has 2 amide bonds. The molecular weight excluding hydrogens is 254 g/mol. The lowest BCUT2D eigenvalue weighted by molar-refractivity contribution is 0.242. The maximum Gasteiger partial charge on any atom is 0.319 e. The molecule has 0 unspecified atom stereocenters. The molecule has 1 rings (SSSR count). The van der Waals surface area contributed by atoms with Crippen LogP contribution in [0.2, 0.25) is 0 Å². The van der Waals surface area contributed by atoms with E-state index in [1.165, 1.54) is 0 Å². The minimum atomic E-state index is -0.227. The van der Waals surface area contributed by atoms with Crippen molar-refractivity contribution >= 4 is 11.7 Å². The van der Waals surface area contributed by atoms with Crippen molar-refractivity contribution in [3.8, 4) is 5.75 Å². The van der Waals surface area contributed by atoms with E-state index in [9.17, 15) is 4.79 Å². The van der Waals surface area contributed by atoms with Gasteiger partial charge in [-0.15, -0.1) is 0 Å². The number of nitrogens with two attached hydrogens (primary N) is 1. The minimum Gasteiger partial charge on any atom is -0.495 e. The second-order valence-electron chi connectivity index (χ2n) is 5.56. The van der Waals surface area contributed by atoms with Crippen LogP contribution in [0.5, 0.6) is 5.75 Å². The van der Waals surface area contributed by atoms with Crippen LogP contribution in [0.1, 0.15) is 26.7 Å². The van der Waals surface area contributed by atoms with E-state index >= 15 is 0 Å². The predicted molar refractivity (Wildman–Crippen MR) is 82.1 cm³/mol. The van der Waals surface area contributed by atoms with Crippen molar-refractivity contribution in [2.75, 3.05) is 25.5 Å². The summed E-state index contributed by atoms with van der Waals surface area (Å²) in [4.78, 5) is 11.9. The maximum absolute atomic E-state index is 11.9. The van der Waals surface area contributed by atoms with E-state index in [1.807, 2.05) is 12.1 Å². The van der Waals surface area contributed by atoms with Gasteiger partial charge in [0.25, 0.3) is 0 Å². The second-order valence-corrected chi connectivity index (χ2v) is 5.56. The molecule has 0 heterocycles. The minimum absolute atomic E-state index is 0.0392. The summed E-state index contributed by atoms with van der Waals surface area (Å²) < 4.78 is 5.19. The molecule has 0 saturated carbocycles. The highest BCUT2D eigenvalue weighted by Gasteiger charge is 2.18. The number of amides is 2. The Morgan fingerprint density at radius 1 is 1.35 bits per heavy atom. The number of nitrogens with one attached hydrogen (secondary N) is 2. The number of para-hydroxylation sites is 2. The number of benzene rings is 1. The van der Waals surface area contributed by atoms with E-state index < -0.39 is 0 Å². The van der Waals surface area contributed by atoms with Crippen LogP contribution < -0.4 is 21.1 Å². The first-order chi connectivity index (χ1) is 9.48. The fraction of sp³-hybridized carbons (Fsp3) is 0.533. The summed E-state index contributed by atoms with van der Waals surface area (Å²) in [7, 11) is 1.58. The number of hydrogen-bond donors (Lipinski definition) is 3. The summed E-state index contributed by atoms with van der Waals surface area (Å²) in [5, 5.41) is 5.68. The van der Waals surface area contributed by atoms with Gasteiger partial charge in [-0.25, -0.2) is 4.79 Å². The van der Waals surface area contributed by atoms with Crippen molar-refractivity contribution in [1.82, 2.24) is 5.32 Å². The van der Waals surface area contributed by atoms with Crippen LogP contribution in [0.3, 0.4) is 0 Å². The average molecular weight is 279 g/mol. The summed E-state index contributed by atoms with van der Waals surface area (Å²) in [5.41, 5.74) is 6.21. The second kappa shape index (κ2) is 7.75. The van der Waals surface area contributed by atoms with E-state index in [-0.39, 0.29) is 11.4 Å². The zero-order valence-electron chi connectivity index (χ0n) is 12.5. The number of carbonyl (C=O) groups excluding carboxylic acids is 1. The molecule has 4 N–H and O–H groups in total. The van der Waals surface area contributed by atoms with Crippen molar-refractivity contribution in [3.05, 3.63) is 24.3 Å². The van der Waals surface area contributed by atoms with Crippen LogP contribution in [0, 0.1) is 5.41 Å². The van der Waals surface area contributed by atoms with Gasteiger partial charge in [-0.3, -0.25) is 0 Å². The van der Waals surface area contributed by atoms with Gasteiger partial charge >= 0.3 is 6.03 Å². The zero-order valence-corrected chi connectivity index (χ0v) is 12.5. The molecule has 0 aliphatic heterocycles. The Labute approximate surface area is 120 Å². The smallest absolute Gasteiger partial charge is 0.319 e. The Hall–Kier alpha value is -1.75. The molecule has 0 atom stereocenters. The SMILES string of the molecule is COc1ccccc1NC(=O)NCC(C)(C)CCCN. The monoisotopic (exact) mass is 279 g/mol. The highest BCUT2D eigenvalue weighted by atomic mass is 16.5. The molecule has 1 aromatic rings. The Bertz CT molecular complexity index is 433. The van der Waals surface area contributed by atoms with E-state index in [0.29, 0.717) is 24.5 Å². The van der Waals surface area contributed by atoms with E-state index in [0.717, 1.165) is 12.8 Å². The Balaban J connectivity index is 2.47. The lowest BCUT2D eigenvalue weighted by atomic mass is 9.88. The number of anilines is 1. The fourth-order valence-electron chi connectivity index (χ4n) is 1.90. The lowest BCUT2D eigenvalue weighted by Gasteiger charge is -2.24. The molecule has 112 valence electrons. The number of ether oxygens (including phenoxy) is 1. The molecule has 5 nitrogen and oxygen atoms in total. The summed E-state index contributed by atoms with van der Waals surface area (Å²) in [6, 6.07) is 7.09. The van der Waals surface area contributed by atoms with Crippen molar-refractivity contribution in [2.45, 2.75) is 26.7 Å². The summed E-state index contributed by atoms with van der Waals surface area (Å²) in [6.45, 7) is 5.52. The molecule has 0 radical (unpaired) electrons. The van der Waals surface area contributed by atoms with E-state index in [4.69, 9.17) is 10.5 Å². The number of rotatable bonds is 7. The lowest BCUT2D eigenvalue weighted by Crippen LogP contribution is -2.37. The average Bonchev–Trinajstić information content (AvgIpc) is 2.44. The number of methoxy groups -OCH3 is 1. The van der Waals surface area contributed by atoms with Crippen LogP contribution in [0.25, 0.3) is 0 Å². The quantitative estimate of drug-likeness (QED) is 0.718. The molecule has 0 saturated heterocycles. The van der Waals surface area contributed by atoms with Crippen LogP contribution in [0.15, 0.2) is 24.3 Å². The number of hydrogen-bond acceptors (Lipinski definition) is 3. The van der Waals surface area contributed by atoms with Crippen LogP contribution >= 0.6 is 0 Å². The first kappa shape index (κ1) is 16.3.